The van der Waals surface area contributed by atoms with Gasteiger partial charge in [0.15, 0.2) is 11.9 Å². The Hall–Kier alpha value is -2.27. The Bertz CT molecular complexity index is 1250. The van der Waals surface area contributed by atoms with E-state index in [2.05, 4.69) is 20.4 Å². The lowest BCUT2D eigenvalue weighted by atomic mass is 10.2. The Kier molecular flexibility index (Phi) is 7.42. The first kappa shape index (κ1) is 24.8. The summed E-state index contributed by atoms with van der Waals surface area (Å²) in [5.74, 6) is -0.128. The van der Waals surface area contributed by atoms with Crippen molar-refractivity contribution in [1.29, 1.82) is 0 Å². The molecule has 1 fully saturated rings. The van der Waals surface area contributed by atoms with Crippen LogP contribution in [0.25, 0.3) is 11.0 Å². The van der Waals surface area contributed by atoms with Gasteiger partial charge in [-0.3, -0.25) is 9.36 Å². The Morgan fingerprint density at radius 2 is 2.06 bits per heavy atom. The molecule has 3 N–H and O–H groups in total. The zero-order valence-electron chi connectivity index (χ0n) is 18.1. The normalized spacial score (nSPS) is 18.4. The highest BCUT2D eigenvalue weighted by atomic mass is 35.5. The van der Waals surface area contributed by atoms with Crippen molar-refractivity contribution in [2.75, 3.05) is 25.1 Å². The Labute approximate surface area is 205 Å². The molecule has 11 nitrogen and oxygen atoms in total. The van der Waals surface area contributed by atoms with E-state index < -0.39 is 25.9 Å². The van der Waals surface area contributed by atoms with Crippen LogP contribution in [0.2, 0.25) is 10.3 Å². The number of amides is 1. The van der Waals surface area contributed by atoms with Gasteiger partial charge in [0.2, 0.25) is 11.2 Å². The monoisotopic (exact) mass is 528 g/mol. The minimum atomic E-state index is -4.42. The van der Waals surface area contributed by atoms with Gasteiger partial charge in [-0.15, -0.1) is 0 Å². The van der Waals surface area contributed by atoms with Crippen LogP contribution in [-0.2, 0) is 20.6 Å². The fraction of sp³-hybridized carbons (Fsp3) is 0.400. The molecule has 1 amide bonds. The summed E-state index contributed by atoms with van der Waals surface area (Å²) < 4.78 is 18.8. The van der Waals surface area contributed by atoms with E-state index in [1.165, 1.54) is 11.9 Å². The van der Waals surface area contributed by atoms with Gasteiger partial charge in [-0.1, -0.05) is 29.8 Å². The number of aromatic nitrogens is 4. The molecule has 1 aromatic carbocycles. The molecule has 0 unspecified atom stereocenters. The number of hydrogen-bond donors (Lipinski definition) is 3. The summed E-state index contributed by atoms with van der Waals surface area (Å²) in [5.41, 5.74) is 1.40. The van der Waals surface area contributed by atoms with E-state index in [9.17, 15) is 9.36 Å². The molecular weight excluding hydrogens is 506 g/mol. The predicted molar refractivity (Wildman–Crippen MR) is 127 cm³/mol. The van der Waals surface area contributed by atoms with E-state index in [0.29, 0.717) is 41.3 Å². The van der Waals surface area contributed by atoms with Crippen molar-refractivity contribution in [3.63, 3.8) is 0 Å². The van der Waals surface area contributed by atoms with Crippen molar-refractivity contribution >= 4 is 53.6 Å². The zero-order chi connectivity index (χ0) is 24.5. The standard InChI is InChI=1S/C20H23Cl2N6O5P/c1-27(16(29)11-34(30,31)32)10-13-6-7-17(33-13)28-19-14(9-24-28)18(25-20(22)26-19)23-8-12-4-2-3-5-15(12)21/h2-5,9,13,17H,6-8,10-11H2,1H3,(H,23,25,26)(H2,30,31,32)/t13-,17+/m0/s1. The summed E-state index contributed by atoms with van der Waals surface area (Å²) in [6.45, 7) is 0.638. The van der Waals surface area contributed by atoms with Gasteiger partial charge in [-0.05, 0) is 36.1 Å². The number of carbonyl (C=O) groups excluding carboxylic acids is 1. The number of halogens is 2. The number of anilines is 1. The molecule has 1 aliphatic rings. The van der Waals surface area contributed by atoms with E-state index in [0.717, 1.165) is 5.56 Å². The first-order valence-corrected chi connectivity index (χ1v) is 13.0. The van der Waals surface area contributed by atoms with Gasteiger partial charge in [-0.25, -0.2) is 4.68 Å². The minimum Gasteiger partial charge on any atom is -0.365 e. The van der Waals surface area contributed by atoms with Crippen molar-refractivity contribution in [3.05, 3.63) is 46.3 Å². The lowest BCUT2D eigenvalue weighted by Crippen LogP contribution is -2.36. The molecule has 0 radical (unpaired) electrons. The van der Waals surface area contributed by atoms with E-state index in [1.807, 2.05) is 24.3 Å². The van der Waals surface area contributed by atoms with Gasteiger partial charge in [0.05, 0.1) is 17.7 Å². The van der Waals surface area contributed by atoms with Crippen LogP contribution in [0.3, 0.4) is 0 Å². The van der Waals surface area contributed by atoms with Crippen LogP contribution >= 0.6 is 30.8 Å². The van der Waals surface area contributed by atoms with Crippen LogP contribution in [0.15, 0.2) is 30.5 Å². The van der Waals surface area contributed by atoms with Crippen LogP contribution in [0.4, 0.5) is 5.82 Å². The number of carbonyl (C=O) groups is 1. The lowest BCUT2D eigenvalue weighted by Gasteiger charge is -2.22. The molecule has 2 aromatic heterocycles. The molecule has 0 saturated carbocycles. The highest BCUT2D eigenvalue weighted by Crippen LogP contribution is 2.35. The molecular formula is C20H23Cl2N6O5P. The quantitative estimate of drug-likeness (QED) is 0.296. The van der Waals surface area contributed by atoms with E-state index >= 15 is 0 Å². The molecule has 0 spiro atoms. The fourth-order valence-electron chi connectivity index (χ4n) is 3.77. The third-order valence-corrected chi connectivity index (χ3v) is 6.65. The number of benzene rings is 1. The van der Waals surface area contributed by atoms with Crippen LogP contribution in [0.5, 0.6) is 0 Å². The SMILES string of the molecule is CN(C[C@@H]1CC[C@H](n2ncc3c(NCc4ccccc4Cl)nc(Cl)nc32)O1)C(=O)CP(=O)(O)O. The van der Waals surface area contributed by atoms with Gasteiger partial charge >= 0.3 is 7.60 Å². The van der Waals surface area contributed by atoms with Gasteiger partial charge < -0.3 is 24.7 Å². The predicted octanol–water partition coefficient (Wildman–Crippen LogP) is 3.06. The second kappa shape index (κ2) is 10.2. The summed E-state index contributed by atoms with van der Waals surface area (Å²) >= 11 is 12.4. The Morgan fingerprint density at radius 3 is 2.79 bits per heavy atom. The molecule has 0 bridgehead atoms. The molecule has 182 valence electrons. The number of nitrogens with zero attached hydrogens (tertiary/aromatic N) is 5. The average molecular weight is 529 g/mol. The highest BCUT2D eigenvalue weighted by molar-refractivity contribution is 7.52. The second-order valence-electron chi connectivity index (χ2n) is 8.00. The van der Waals surface area contributed by atoms with Gasteiger partial charge in [0.1, 0.15) is 12.0 Å². The molecule has 3 aromatic rings. The number of likely N-dealkylation sites (N-methyl/N-ethyl adjacent to an activating group) is 1. The number of ether oxygens (including phenoxy) is 1. The molecule has 2 atom stereocenters. The number of nitrogens with one attached hydrogen (secondary N) is 1. The molecule has 0 aliphatic carbocycles. The topological polar surface area (TPSA) is 143 Å². The fourth-order valence-corrected chi connectivity index (χ4v) is 4.73. The van der Waals surface area contributed by atoms with E-state index in [-0.39, 0.29) is 17.9 Å². The van der Waals surface area contributed by atoms with Gasteiger partial charge in [0.25, 0.3) is 0 Å². The first-order chi connectivity index (χ1) is 16.1. The molecule has 3 heterocycles. The highest BCUT2D eigenvalue weighted by Gasteiger charge is 2.31. The zero-order valence-corrected chi connectivity index (χ0v) is 20.5. The van der Waals surface area contributed by atoms with Crippen LogP contribution in [0, 0.1) is 0 Å². The van der Waals surface area contributed by atoms with E-state index in [4.69, 9.17) is 37.7 Å². The summed E-state index contributed by atoms with van der Waals surface area (Å²) in [4.78, 5) is 39.9. The van der Waals surface area contributed by atoms with Crippen LogP contribution < -0.4 is 5.32 Å². The first-order valence-electron chi connectivity index (χ1n) is 10.4. The minimum absolute atomic E-state index is 0.0493. The molecule has 4 rings (SSSR count). The maximum atomic E-state index is 12.0. The Balaban J connectivity index is 1.46. The maximum absolute atomic E-state index is 12.0. The summed E-state index contributed by atoms with van der Waals surface area (Å²) in [5, 5.41) is 9.01. The lowest BCUT2D eigenvalue weighted by molar-refractivity contribution is -0.129. The third kappa shape index (κ3) is 5.86. The average Bonchev–Trinajstić information content (AvgIpc) is 3.38. The second-order valence-corrected chi connectivity index (χ2v) is 10.4. The van der Waals surface area contributed by atoms with Crippen molar-refractivity contribution in [1.82, 2.24) is 24.6 Å². The van der Waals surface area contributed by atoms with Crippen molar-refractivity contribution in [2.45, 2.75) is 31.7 Å². The summed E-state index contributed by atoms with van der Waals surface area (Å²) in [6, 6.07) is 7.47. The van der Waals surface area contributed by atoms with E-state index in [1.54, 1.807) is 10.9 Å². The number of hydrogen-bond acceptors (Lipinski definition) is 7. The summed E-state index contributed by atoms with van der Waals surface area (Å²) in [7, 11) is -2.94. The van der Waals surface area contributed by atoms with Gasteiger partial charge in [-0.2, -0.15) is 15.1 Å². The van der Waals surface area contributed by atoms with Crippen molar-refractivity contribution < 1.29 is 23.9 Å². The Morgan fingerprint density at radius 1 is 1.29 bits per heavy atom. The third-order valence-electron chi connectivity index (χ3n) is 5.43. The molecule has 34 heavy (non-hydrogen) atoms. The summed E-state index contributed by atoms with van der Waals surface area (Å²) in [6.07, 6.45) is 1.30. The number of rotatable bonds is 8. The maximum Gasteiger partial charge on any atom is 0.334 e. The molecule has 14 heteroatoms. The van der Waals surface area contributed by atoms with Crippen molar-refractivity contribution in [3.8, 4) is 0 Å². The van der Waals surface area contributed by atoms with Crippen LogP contribution in [-0.4, -0.2) is 66.2 Å². The smallest absolute Gasteiger partial charge is 0.334 e. The largest absolute Gasteiger partial charge is 0.365 e. The number of fused-ring (bicyclic) bond motifs is 1. The molecule has 1 saturated heterocycles. The molecule has 1 aliphatic heterocycles. The van der Waals surface area contributed by atoms with Crippen LogP contribution in [0.1, 0.15) is 24.6 Å². The van der Waals surface area contributed by atoms with Crippen molar-refractivity contribution in [2.24, 2.45) is 0 Å². The van der Waals surface area contributed by atoms with Gasteiger partial charge in [0, 0.05) is 25.2 Å².